The number of halogens is 2. The number of amides is 2. The first-order valence-corrected chi connectivity index (χ1v) is 10.4. The molecule has 0 aromatic heterocycles. The van der Waals surface area contributed by atoms with Crippen molar-refractivity contribution in [3.63, 3.8) is 0 Å². The second-order valence-corrected chi connectivity index (χ2v) is 7.95. The van der Waals surface area contributed by atoms with Gasteiger partial charge in [0.15, 0.2) is 6.10 Å². The first kappa shape index (κ1) is 20.5. The Kier molecular flexibility index (Phi) is 5.07. The van der Waals surface area contributed by atoms with E-state index in [4.69, 9.17) is 21.2 Å². The van der Waals surface area contributed by atoms with Gasteiger partial charge in [0.1, 0.15) is 17.5 Å². The van der Waals surface area contributed by atoms with E-state index in [1.54, 1.807) is 36.4 Å². The van der Waals surface area contributed by atoms with Gasteiger partial charge in [-0.25, -0.2) is 14.4 Å². The fourth-order valence-electron chi connectivity index (χ4n) is 4.24. The van der Waals surface area contributed by atoms with Crippen LogP contribution in [-0.2, 0) is 14.4 Å². The third kappa shape index (κ3) is 3.21. The first-order chi connectivity index (χ1) is 15.5. The van der Waals surface area contributed by atoms with Gasteiger partial charge in [0.05, 0.1) is 29.5 Å². The highest BCUT2D eigenvalue weighted by Gasteiger charge is 2.60. The average Bonchev–Trinajstić information content (AvgIpc) is 3.32. The fourth-order valence-corrected chi connectivity index (χ4v) is 4.35. The molecule has 2 fully saturated rings. The van der Waals surface area contributed by atoms with E-state index in [-0.39, 0.29) is 10.7 Å². The minimum absolute atomic E-state index is 0.0860. The Hall–Kier alpha value is -3.42. The number of hydrogen-bond acceptors (Lipinski definition) is 5. The van der Waals surface area contributed by atoms with Crippen LogP contribution < -0.4 is 14.7 Å². The van der Waals surface area contributed by atoms with Crippen LogP contribution >= 0.6 is 11.6 Å². The van der Waals surface area contributed by atoms with Gasteiger partial charge in [-0.1, -0.05) is 41.9 Å². The van der Waals surface area contributed by atoms with E-state index in [9.17, 15) is 14.0 Å². The van der Waals surface area contributed by atoms with Gasteiger partial charge in [-0.2, -0.15) is 0 Å². The lowest BCUT2D eigenvalue weighted by Gasteiger charge is -2.28. The Bertz CT molecular complexity index is 1190. The molecule has 0 saturated carbocycles. The van der Waals surface area contributed by atoms with Gasteiger partial charge in [-0.05, 0) is 48.0 Å². The molecule has 0 spiro atoms. The van der Waals surface area contributed by atoms with Gasteiger partial charge in [-0.15, -0.1) is 0 Å². The summed E-state index contributed by atoms with van der Waals surface area (Å²) in [5.41, 5.74) is 1.63. The van der Waals surface area contributed by atoms with Crippen LogP contribution in [-0.4, -0.2) is 25.0 Å². The van der Waals surface area contributed by atoms with E-state index >= 15 is 0 Å². The molecular weight excluding hydrogens is 435 g/mol. The van der Waals surface area contributed by atoms with Gasteiger partial charge in [0, 0.05) is 0 Å². The first-order valence-electron chi connectivity index (χ1n) is 9.97. The Morgan fingerprint density at radius 3 is 2.28 bits per heavy atom. The summed E-state index contributed by atoms with van der Waals surface area (Å²) in [6.07, 6.45) is -1.03. The number of carbonyl (C=O) groups excluding carboxylic acids is 2. The van der Waals surface area contributed by atoms with Crippen LogP contribution in [0.4, 0.5) is 15.8 Å². The number of hydroxylamine groups is 1. The molecule has 8 heteroatoms. The maximum absolute atomic E-state index is 14.0. The van der Waals surface area contributed by atoms with Crippen molar-refractivity contribution < 1.29 is 23.6 Å². The van der Waals surface area contributed by atoms with Crippen molar-refractivity contribution in [3.05, 3.63) is 89.2 Å². The van der Waals surface area contributed by atoms with Crippen molar-refractivity contribution in [2.75, 3.05) is 17.1 Å². The third-order valence-electron chi connectivity index (χ3n) is 5.74. The topological polar surface area (TPSA) is 59.1 Å². The lowest BCUT2D eigenvalue weighted by atomic mass is 9.90. The summed E-state index contributed by atoms with van der Waals surface area (Å²) in [5, 5.41) is 1.51. The van der Waals surface area contributed by atoms with Crippen LogP contribution in [0.5, 0.6) is 5.75 Å². The predicted octanol–water partition coefficient (Wildman–Crippen LogP) is 4.54. The van der Waals surface area contributed by atoms with E-state index in [1.807, 2.05) is 30.3 Å². The highest BCUT2D eigenvalue weighted by atomic mass is 35.5. The van der Waals surface area contributed by atoms with Gasteiger partial charge < -0.3 is 4.74 Å². The zero-order chi connectivity index (χ0) is 22.4. The molecule has 3 atom stereocenters. The van der Waals surface area contributed by atoms with Crippen LogP contribution in [0.25, 0.3) is 0 Å². The summed E-state index contributed by atoms with van der Waals surface area (Å²) in [5.74, 6) is -1.83. The summed E-state index contributed by atoms with van der Waals surface area (Å²) in [6, 6.07) is 19.8. The molecule has 0 radical (unpaired) electrons. The number of anilines is 2. The van der Waals surface area contributed by atoms with Crippen LogP contribution in [0, 0.1) is 11.7 Å². The van der Waals surface area contributed by atoms with Crippen molar-refractivity contribution >= 4 is 34.8 Å². The smallest absolute Gasteiger partial charge is 0.266 e. The Morgan fingerprint density at radius 1 is 0.938 bits per heavy atom. The number of fused-ring (bicyclic) bond motifs is 1. The van der Waals surface area contributed by atoms with Gasteiger partial charge in [0.2, 0.25) is 5.91 Å². The lowest BCUT2D eigenvalue weighted by Crippen LogP contribution is -2.37. The van der Waals surface area contributed by atoms with Crippen molar-refractivity contribution in [2.24, 2.45) is 5.92 Å². The second-order valence-electron chi connectivity index (χ2n) is 7.54. The number of ether oxygens (including phenoxy) is 1. The van der Waals surface area contributed by atoms with Crippen molar-refractivity contribution in [1.29, 1.82) is 0 Å². The minimum Gasteiger partial charge on any atom is -0.497 e. The Balaban J connectivity index is 1.56. The molecular formula is C24H18ClFN2O4. The molecule has 3 aromatic rings. The number of carbonyl (C=O) groups is 2. The molecule has 2 aliphatic rings. The van der Waals surface area contributed by atoms with Crippen molar-refractivity contribution in [1.82, 2.24) is 0 Å². The minimum atomic E-state index is -1.03. The van der Waals surface area contributed by atoms with Crippen LogP contribution in [0.3, 0.4) is 0 Å². The molecule has 0 bridgehead atoms. The molecule has 2 heterocycles. The van der Waals surface area contributed by atoms with Gasteiger partial charge in [0.25, 0.3) is 5.91 Å². The quantitative estimate of drug-likeness (QED) is 0.544. The number of hydrogen-bond donors (Lipinski definition) is 0. The van der Waals surface area contributed by atoms with E-state index in [0.717, 1.165) is 16.5 Å². The maximum Gasteiger partial charge on any atom is 0.266 e. The summed E-state index contributed by atoms with van der Waals surface area (Å²) >= 11 is 5.76. The largest absolute Gasteiger partial charge is 0.497 e. The van der Waals surface area contributed by atoms with E-state index in [0.29, 0.717) is 11.4 Å². The Morgan fingerprint density at radius 2 is 1.62 bits per heavy atom. The molecule has 6 nitrogen and oxygen atoms in total. The highest BCUT2D eigenvalue weighted by Crippen LogP contribution is 2.47. The van der Waals surface area contributed by atoms with Crippen LogP contribution in [0.15, 0.2) is 72.8 Å². The molecule has 0 N–H and O–H groups in total. The van der Waals surface area contributed by atoms with Gasteiger partial charge >= 0.3 is 0 Å². The molecule has 32 heavy (non-hydrogen) atoms. The highest BCUT2D eigenvalue weighted by molar-refractivity contribution is 6.31. The maximum atomic E-state index is 14.0. The van der Waals surface area contributed by atoms with E-state index < -0.39 is 35.7 Å². The SMILES string of the molecule is COc1ccc(N2O[C@H]3C(=O)N(c4ccc(Cl)c(F)c4)C(=O)[C@@H]3[C@@H]2c2ccccc2)cc1. The molecule has 5 rings (SSSR count). The molecule has 2 aliphatic heterocycles. The predicted molar refractivity (Wildman–Crippen MR) is 117 cm³/mol. The number of benzene rings is 3. The van der Waals surface area contributed by atoms with E-state index in [1.165, 1.54) is 12.1 Å². The van der Waals surface area contributed by atoms with Crippen LogP contribution in [0.1, 0.15) is 11.6 Å². The second kappa shape index (κ2) is 7.93. The summed E-state index contributed by atoms with van der Waals surface area (Å²) in [7, 11) is 1.57. The van der Waals surface area contributed by atoms with Crippen molar-refractivity contribution in [2.45, 2.75) is 12.1 Å². The van der Waals surface area contributed by atoms with Crippen molar-refractivity contribution in [3.8, 4) is 5.75 Å². The summed E-state index contributed by atoms with van der Waals surface area (Å²) in [6.45, 7) is 0. The summed E-state index contributed by atoms with van der Waals surface area (Å²) < 4.78 is 19.3. The zero-order valence-electron chi connectivity index (χ0n) is 16.9. The number of methoxy groups -OCH3 is 1. The van der Waals surface area contributed by atoms with Crippen LogP contribution in [0.2, 0.25) is 5.02 Å². The number of nitrogens with zero attached hydrogens (tertiary/aromatic N) is 2. The van der Waals surface area contributed by atoms with E-state index in [2.05, 4.69) is 0 Å². The molecule has 2 amide bonds. The third-order valence-corrected chi connectivity index (χ3v) is 6.05. The normalized spacial score (nSPS) is 22.4. The molecule has 162 valence electrons. The molecule has 0 aliphatic carbocycles. The molecule has 3 aromatic carbocycles. The van der Waals surface area contributed by atoms with Gasteiger partial charge in [-0.3, -0.25) is 14.4 Å². The Labute approximate surface area is 188 Å². The zero-order valence-corrected chi connectivity index (χ0v) is 17.7. The number of imide groups is 1. The number of rotatable bonds is 4. The molecule has 0 unspecified atom stereocenters. The fraction of sp³-hybridized carbons (Fsp3) is 0.167. The molecule has 2 saturated heterocycles. The standard InChI is InChI=1S/C24H18ClFN2O4/c1-31-17-10-7-15(8-11-17)28-21(14-5-3-2-4-6-14)20-22(32-28)24(30)27(23(20)29)16-9-12-18(25)19(26)13-16/h2-13,20-22H,1H3/t20-,21+,22-/m1/s1. The lowest BCUT2D eigenvalue weighted by molar-refractivity contribution is -0.126. The average molecular weight is 453 g/mol. The monoisotopic (exact) mass is 452 g/mol. The summed E-state index contributed by atoms with van der Waals surface area (Å²) in [4.78, 5) is 33.7.